The molecule has 1 unspecified atom stereocenters. The molecule has 3 N–H and O–H groups in total. The van der Waals surface area contributed by atoms with Gasteiger partial charge in [-0.15, -0.1) is 0 Å². The molecule has 1 aliphatic heterocycles. The van der Waals surface area contributed by atoms with Crippen LogP contribution >= 0.6 is 0 Å². The number of nitrogens with zero attached hydrogens (tertiary/aromatic N) is 1. The van der Waals surface area contributed by atoms with E-state index in [9.17, 15) is 14.4 Å². The van der Waals surface area contributed by atoms with Crippen LogP contribution in [0, 0.1) is 5.92 Å². The van der Waals surface area contributed by atoms with E-state index >= 15 is 0 Å². The molecule has 7 heteroatoms. The van der Waals surface area contributed by atoms with Gasteiger partial charge in [0, 0.05) is 39.5 Å². The highest BCUT2D eigenvalue weighted by molar-refractivity contribution is 5.75. The van der Waals surface area contributed by atoms with Crippen molar-refractivity contribution < 1.29 is 19.5 Å². The predicted octanol–water partition coefficient (Wildman–Crippen LogP) is -0.371. The molecule has 0 aromatic rings. The van der Waals surface area contributed by atoms with E-state index in [1.54, 1.807) is 4.90 Å². The largest absolute Gasteiger partial charge is 0.481 e. The lowest BCUT2D eigenvalue weighted by atomic mass is 10.1. The van der Waals surface area contributed by atoms with Crippen molar-refractivity contribution in [2.45, 2.75) is 19.8 Å². The SMILES string of the molecule is CC(=O)NCCNC(=O)N1CCC(CC(=O)O)C1. The lowest BCUT2D eigenvalue weighted by molar-refractivity contribution is -0.138. The van der Waals surface area contributed by atoms with E-state index in [0.29, 0.717) is 26.2 Å². The molecule has 0 aromatic heterocycles. The average molecular weight is 257 g/mol. The number of likely N-dealkylation sites (tertiary alicyclic amines) is 1. The van der Waals surface area contributed by atoms with Gasteiger partial charge in [-0.1, -0.05) is 0 Å². The Morgan fingerprint density at radius 3 is 2.56 bits per heavy atom. The van der Waals surface area contributed by atoms with E-state index in [4.69, 9.17) is 5.11 Å². The van der Waals surface area contributed by atoms with Gasteiger partial charge >= 0.3 is 12.0 Å². The van der Waals surface area contributed by atoms with Crippen LogP contribution in [0.25, 0.3) is 0 Å². The van der Waals surface area contributed by atoms with Crippen molar-refractivity contribution in [3.63, 3.8) is 0 Å². The maximum Gasteiger partial charge on any atom is 0.317 e. The molecule has 3 amide bonds. The highest BCUT2D eigenvalue weighted by Gasteiger charge is 2.27. The van der Waals surface area contributed by atoms with Gasteiger partial charge in [0.15, 0.2) is 0 Å². The Balaban J connectivity index is 2.19. The molecule has 18 heavy (non-hydrogen) atoms. The summed E-state index contributed by atoms with van der Waals surface area (Å²) >= 11 is 0. The fourth-order valence-corrected chi connectivity index (χ4v) is 1.95. The van der Waals surface area contributed by atoms with Crippen LogP contribution in [-0.2, 0) is 9.59 Å². The number of carboxylic acid groups (broad SMARTS) is 1. The molecule has 0 bridgehead atoms. The van der Waals surface area contributed by atoms with Crippen LogP contribution in [0.2, 0.25) is 0 Å². The highest BCUT2D eigenvalue weighted by Crippen LogP contribution is 2.19. The standard InChI is InChI=1S/C11H19N3O4/c1-8(15)12-3-4-13-11(18)14-5-2-9(7-14)6-10(16)17/h9H,2-7H2,1H3,(H,12,15)(H,13,18)(H,16,17). The smallest absolute Gasteiger partial charge is 0.317 e. The van der Waals surface area contributed by atoms with E-state index in [1.165, 1.54) is 6.92 Å². The minimum Gasteiger partial charge on any atom is -0.481 e. The number of urea groups is 1. The Morgan fingerprint density at radius 1 is 1.28 bits per heavy atom. The van der Waals surface area contributed by atoms with Gasteiger partial charge in [-0.25, -0.2) is 4.79 Å². The first-order valence-electron chi connectivity index (χ1n) is 5.98. The molecule has 0 radical (unpaired) electrons. The topological polar surface area (TPSA) is 98.7 Å². The summed E-state index contributed by atoms with van der Waals surface area (Å²) in [5.41, 5.74) is 0. The number of carboxylic acids is 1. The van der Waals surface area contributed by atoms with E-state index < -0.39 is 5.97 Å². The molecular formula is C11H19N3O4. The van der Waals surface area contributed by atoms with Crippen molar-refractivity contribution in [1.82, 2.24) is 15.5 Å². The van der Waals surface area contributed by atoms with Gasteiger partial charge in [0.25, 0.3) is 0 Å². The van der Waals surface area contributed by atoms with Crippen molar-refractivity contribution in [3.05, 3.63) is 0 Å². The molecular weight excluding hydrogens is 238 g/mol. The molecule has 7 nitrogen and oxygen atoms in total. The van der Waals surface area contributed by atoms with Gasteiger partial charge in [-0.05, 0) is 12.3 Å². The van der Waals surface area contributed by atoms with Crippen LogP contribution in [0.15, 0.2) is 0 Å². The third-order valence-corrected chi connectivity index (χ3v) is 2.81. The second-order valence-corrected chi connectivity index (χ2v) is 4.41. The Labute approximate surface area is 106 Å². The van der Waals surface area contributed by atoms with Gasteiger partial charge in [-0.2, -0.15) is 0 Å². The summed E-state index contributed by atoms with van der Waals surface area (Å²) in [6.07, 6.45) is 0.834. The number of aliphatic carboxylic acids is 1. The summed E-state index contributed by atoms with van der Waals surface area (Å²) in [6.45, 7) is 3.26. The Morgan fingerprint density at radius 2 is 1.94 bits per heavy atom. The fraction of sp³-hybridized carbons (Fsp3) is 0.727. The van der Waals surface area contributed by atoms with Gasteiger partial charge in [-0.3, -0.25) is 9.59 Å². The minimum absolute atomic E-state index is 0.0450. The zero-order valence-corrected chi connectivity index (χ0v) is 10.4. The van der Waals surface area contributed by atoms with Crippen LogP contribution in [0.4, 0.5) is 4.79 Å². The highest BCUT2D eigenvalue weighted by atomic mass is 16.4. The van der Waals surface area contributed by atoms with Crippen molar-refractivity contribution in [1.29, 1.82) is 0 Å². The number of hydrogen-bond acceptors (Lipinski definition) is 3. The number of amides is 3. The van der Waals surface area contributed by atoms with E-state index in [2.05, 4.69) is 10.6 Å². The summed E-state index contributed by atoms with van der Waals surface area (Å²) in [6, 6.07) is -0.201. The second-order valence-electron chi connectivity index (χ2n) is 4.41. The van der Waals surface area contributed by atoms with Crippen LogP contribution in [-0.4, -0.2) is 54.1 Å². The molecule has 1 heterocycles. The number of carbonyl (C=O) groups excluding carboxylic acids is 2. The molecule has 0 spiro atoms. The van der Waals surface area contributed by atoms with E-state index in [1.807, 2.05) is 0 Å². The van der Waals surface area contributed by atoms with Crippen molar-refractivity contribution in [2.24, 2.45) is 5.92 Å². The van der Waals surface area contributed by atoms with Gasteiger partial charge in [0.2, 0.25) is 5.91 Å². The van der Waals surface area contributed by atoms with Crippen molar-refractivity contribution in [2.75, 3.05) is 26.2 Å². The fourth-order valence-electron chi connectivity index (χ4n) is 1.95. The quantitative estimate of drug-likeness (QED) is 0.585. The Bertz CT molecular complexity index is 332. The molecule has 102 valence electrons. The third kappa shape index (κ3) is 5.03. The zero-order chi connectivity index (χ0) is 13.5. The second kappa shape index (κ2) is 6.83. The first kappa shape index (κ1) is 14.3. The van der Waals surface area contributed by atoms with Crippen molar-refractivity contribution in [3.8, 4) is 0 Å². The monoisotopic (exact) mass is 257 g/mol. The number of nitrogens with one attached hydrogen (secondary N) is 2. The molecule has 1 atom stereocenters. The molecule has 0 aliphatic carbocycles. The Hall–Kier alpha value is -1.79. The maximum absolute atomic E-state index is 11.7. The van der Waals surface area contributed by atoms with E-state index in [0.717, 1.165) is 6.42 Å². The average Bonchev–Trinajstić information content (AvgIpc) is 2.71. The summed E-state index contributed by atoms with van der Waals surface area (Å²) in [5, 5.41) is 13.9. The first-order chi connectivity index (χ1) is 8.49. The zero-order valence-electron chi connectivity index (χ0n) is 10.4. The van der Waals surface area contributed by atoms with Gasteiger partial charge < -0.3 is 20.6 Å². The van der Waals surface area contributed by atoms with Crippen LogP contribution < -0.4 is 10.6 Å². The molecule has 1 rings (SSSR count). The molecule has 1 aliphatic rings. The number of rotatable bonds is 5. The predicted molar refractivity (Wildman–Crippen MR) is 64.0 cm³/mol. The Kier molecular flexibility index (Phi) is 5.41. The number of hydrogen-bond donors (Lipinski definition) is 3. The summed E-state index contributed by atoms with van der Waals surface area (Å²) < 4.78 is 0. The molecule has 0 saturated carbocycles. The van der Waals surface area contributed by atoms with Crippen LogP contribution in [0.1, 0.15) is 19.8 Å². The summed E-state index contributed by atoms with van der Waals surface area (Å²) in [4.78, 5) is 34.4. The lowest BCUT2D eigenvalue weighted by Crippen LogP contribution is -2.41. The van der Waals surface area contributed by atoms with Gasteiger partial charge in [0.1, 0.15) is 0 Å². The van der Waals surface area contributed by atoms with Crippen molar-refractivity contribution >= 4 is 17.9 Å². The minimum atomic E-state index is -0.826. The molecule has 0 aromatic carbocycles. The normalized spacial score (nSPS) is 18.5. The van der Waals surface area contributed by atoms with Crippen LogP contribution in [0.3, 0.4) is 0 Å². The summed E-state index contributed by atoms with van der Waals surface area (Å²) in [5.74, 6) is -0.913. The maximum atomic E-state index is 11.7. The summed E-state index contributed by atoms with van der Waals surface area (Å²) in [7, 11) is 0. The molecule has 1 saturated heterocycles. The molecule has 1 fully saturated rings. The number of carbonyl (C=O) groups is 3. The first-order valence-corrected chi connectivity index (χ1v) is 5.98. The third-order valence-electron chi connectivity index (χ3n) is 2.81. The lowest BCUT2D eigenvalue weighted by Gasteiger charge is -2.17. The van der Waals surface area contributed by atoms with E-state index in [-0.39, 0.29) is 24.3 Å². The van der Waals surface area contributed by atoms with Crippen LogP contribution in [0.5, 0.6) is 0 Å². The van der Waals surface area contributed by atoms with Gasteiger partial charge in [0.05, 0.1) is 0 Å².